The Bertz CT molecular complexity index is 248. The van der Waals surface area contributed by atoms with Crippen LogP contribution >= 0.6 is 22.6 Å². The van der Waals surface area contributed by atoms with Crippen molar-refractivity contribution >= 4 is 22.6 Å². The van der Waals surface area contributed by atoms with Crippen molar-refractivity contribution in [1.82, 2.24) is 0 Å². The van der Waals surface area contributed by atoms with Gasteiger partial charge in [-0.3, -0.25) is 0 Å². The minimum absolute atomic E-state index is 0.347. The Kier molecular flexibility index (Phi) is 3.81. The smallest absolute Gasteiger partial charge is 0.132 e. The average Bonchev–Trinajstić information content (AvgIpc) is 2.03. The fraction of sp³-hybridized carbons (Fsp3) is 0.333. The van der Waals surface area contributed by atoms with Gasteiger partial charge in [-0.2, -0.15) is 0 Å². The van der Waals surface area contributed by atoms with Gasteiger partial charge in [-0.1, -0.05) is 12.1 Å². The molecule has 3 heteroatoms. The van der Waals surface area contributed by atoms with E-state index in [9.17, 15) is 0 Å². The minimum Gasteiger partial charge on any atom is -0.490 e. The molecule has 0 amide bonds. The van der Waals surface area contributed by atoms with E-state index in [-0.39, 0.29) is 0 Å². The first-order chi connectivity index (χ1) is 5.70. The van der Waals surface area contributed by atoms with Gasteiger partial charge in [-0.25, -0.2) is 0 Å². The first-order valence-electron chi connectivity index (χ1n) is 3.75. The highest BCUT2D eigenvalue weighted by Crippen LogP contribution is 2.19. The molecule has 1 unspecified atom stereocenters. The Hall–Kier alpha value is -0.290. The minimum atomic E-state index is -0.416. The average molecular weight is 278 g/mol. The van der Waals surface area contributed by atoms with Crippen LogP contribution in [0.5, 0.6) is 5.75 Å². The monoisotopic (exact) mass is 278 g/mol. The van der Waals surface area contributed by atoms with E-state index in [1.54, 1.807) is 6.92 Å². The first kappa shape index (κ1) is 9.80. The maximum Gasteiger partial charge on any atom is 0.132 e. The van der Waals surface area contributed by atoms with E-state index in [0.717, 1.165) is 9.32 Å². The van der Waals surface area contributed by atoms with Crippen LogP contribution in [0.2, 0.25) is 0 Å². The summed E-state index contributed by atoms with van der Waals surface area (Å²) in [6.45, 7) is 2.05. The Morgan fingerprint density at radius 1 is 1.50 bits per heavy atom. The van der Waals surface area contributed by atoms with Crippen LogP contribution in [0.25, 0.3) is 0 Å². The third kappa shape index (κ3) is 2.98. The largest absolute Gasteiger partial charge is 0.490 e. The third-order valence-electron chi connectivity index (χ3n) is 1.32. The van der Waals surface area contributed by atoms with Crippen LogP contribution < -0.4 is 4.74 Å². The SMILES string of the molecule is CC(O)COc1ccccc1I. The summed E-state index contributed by atoms with van der Waals surface area (Å²) in [5.74, 6) is 0.832. The van der Waals surface area contributed by atoms with Crippen LogP contribution in [-0.2, 0) is 0 Å². The summed E-state index contributed by atoms with van der Waals surface area (Å²) in [5, 5.41) is 8.98. The van der Waals surface area contributed by atoms with Crippen LogP contribution in [0.3, 0.4) is 0 Å². The molecule has 1 atom stereocenters. The maximum atomic E-state index is 8.98. The molecule has 2 nitrogen and oxygen atoms in total. The van der Waals surface area contributed by atoms with Crippen LogP contribution in [0.4, 0.5) is 0 Å². The summed E-state index contributed by atoms with van der Waals surface area (Å²) >= 11 is 2.20. The Morgan fingerprint density at radius 2 is 2.17 bits per heavy atom. The normalized spacial score (nSPS) is 12.6. The van der Waals surface area contributed by atoms with E-state index in [4.69, 9.17) is 9.84 Å². The van der Waals surface area contributed by atoms with E-state index in [1.807, 2.05) is 24.3 Å². The Labute approximate surface area is 85.7 Å². The lowest BCUT2D eigenvalue weighted by Crippen LogP contribution is -2.13. The second-order valence-electron chi connectivity index (χ2n) is 2.59. The third-order valence-corrected chi connectivity index (χ3v) is 2.21. The summed E-state index contributed by atoms with van der Waals surface area (Å²) in [4.78, 5) is 0. The molecule has 0 saturated carbocycles. The molecule has 0 aliphatic rings. The van der Waals surface area contributed by atoms with Crippen molar-refractivity contribution in [1.29, 1.82) is 0 Å². The molecule has 0 saturated heterocycles. The molecule has 1 N–H and O–H groups in total. The molecule has 0 heterocycles. The fourth-order valence-electron chi connectivity index (χ4n) is 0.772. The number of hydrogen-bond acceptors (Lipinski definition) is 2. The maximum absolute atomic E-state index is 8.98. The molecule has 0 fully saturated rings. The number of aliphatic hydroxyl groups is 1. The topological polar surface area (TPSA) is 29.5 Å². The lowest BCUT2D eigenvalue weighted by Gasteiger charge is -2.08. The molecular formula is C9H11IO2. The molecule has 1 rings (SSSR count). The van der Waals surface area contributed by atoms with E-state index in [1.165, 1.54) is 0 Å². The first-order valence-corrected chi connectivity index (χ1v) is 4.83. The number of aliphatic hydroxyl groups excluding tert-OH is 1. The van der Waals surface area contributed by atoms with E-state index in [2.05, 4.69) is 22.6 Å². The number of ether oxygens (including phenoxy) is 1. The molecule has 0 aromatic heterocycles. The molecule has 0 radical (unpaired) electrons. The van der Waals surface area contributed by atoms with Gasteiger partial charge in [-0.15, -0.1) is 0 Å². The van der Waals surface area contributed by atoms with Crippen molar-refractivity contribution in [2.45, 2.75) is 13.0 Å². The van der Waals surface area contributed by atoms with E-state index in [0.29, 0.717) is 6.61 Å². The Balaban J connectivity index is 2.57. The molecule has 1 aromatic carbocycles. The predicted octanol–water partition coefficient (Wildman–Crippen LogP) is 2.05. The van der Waals surface area contributed by atoms with Crippen LogP contribution in [0, 0.1) is 3.57 Å². The Morgan fingerprint density at radius 3 is 2.75 bits per heavy atom. The highest BCUT2D eigenvalue weighted by Gasteiger charge is 2.00. The van der Waals surface area contributed by atoms with Gasteiger partial charge in [-0.05, 0) is 41.6 Å². The summed E-state index contributed by atoms with van der Waals surface area (Å²) < 4.78 is 6.41. The van der Waals surface area contributed by atoms with Gasteiger partial charge >= 0.3 is 0 Å². The zero-order chi connectivity index (χ0) is 8.97. The van der Waals surface area contributed by atoms with Gasteiger partial charge in [0, 0.05) is 0 Å². The molecule has 1 aromatic rings. The summed E-state index contributed by atoms with van der Waals surface area (Å²) in [7, 11) is 0. The highest BCUT2D eigenvalue weighted by atomic mass is 127. The summed E-state index contributed by atoms with van der Waals surface area (Å²) in [5.41, 5.74) is 0. The molecule has 12 heavy (non-hydrogen) atoms. The number of benzene rings is 1. The summed E-state index contributed by atoms with van der Waals surface area (Å²) in [6.07, 6.45) is -0.416. The number of halogens is 1. The molecule has 0 spiro atoms. The quantitative estimate of drug-likeness (QED) is 0.857. The van der Waals surface area contributed by atoms with Crippen molar-refractivity contribution in [2.24, 2.45) is 0 Å². The van der Waals surface area contributed by atoms with Gasteiger partial charge in [0.2, 0.25) is 0 Å². The van der Waals surface area contributed by atoms with Crippen molar-refractivity contribution in [3.05, 3.63) is 27.8 Å². The number of hydrogen-bond donors (Lipinski definition) is 1. The van der Waals surface area contributed by atoms with Gasteiger partial charge in [0.05, 0.1) is 9.67 Å². The highest BCUT2D eigenvalue weighted by molar-refractivity contribution is 14.1. The second-order valence-corrected chi connectivity index (χ2v) is 3.75. The van der Waals surface area contributed by atoms with Gasteiger partial charge in [0.1, 0.15) is 12.4 Å². The number of rotatable bonds is 3. The number of para-hydroxylation sites is 1. The molecule has 0 aliphatic carbocycles. The standard InChI is InChI=1S/C9H11IO2/c1-7(11)6-12-9-5-3-2-4-8(9)10/h2-5,7,11H,6H2,1H3. The van der Waals surface area contributed by atoms with Gasteiger partial charge < -0.3 is 9.84 Å². The molecule has 0 aliphatic heterocycles. The van der Waals surface area contributed by atoms with Crippen molar-refractivity contribution < 1.29 is 9.84 Å². The zero-order valence-electron chi connectivity index (χ0n) is 6.83. The second kappa shape index (κ2) is 4.67. The van der Waals surface area contributed by atoms with Gasteiger partial charge in [0.15, 0.2) is 0 Å². The predicted molar refractivity (Wildman–Crippen MR) is 56.3 cm³/mol. The van der Waals surface area contributed by atoms with Gasteiger partial charge in [0.25, 0.3) is 0 Å². The fourth-order valence-corrected chi connectivity index (χ4v) is 1.32. The molecular weight excluding hydrogens is 267 g/mol. The summed E-state index contributed by atoms with van der Waals surface area (Å²) in [6, 6.07) is 7.73. The van der Waals surface area contributed by atoms with Crippen LogP contribution in [0.15, 0.2) is 24.3 Å². The van der Waals surface area contributed by atoms with Crippen molar-refractivity contribution in [2.75, 3.05) is 6.61 Å². The molecule has 0 bridgehead atoms. The lowest BCUT2D eigenvalue weighted by molar-refractivity contribution is 0.122. The van der Waals surface area contributed by atoms with Crippen molar-refractivity contribution in [3.8, 4) is 5.75 Å². The van der Waals surface area contributed by atoms with E-state index < -0.39 is 6.10 Å². The van der Waals surface area contributed by atoms with E-state index >= 15 is 0 Å². The van der Waals surface area contributed by atoms with Crippen molar-refractivity contribution in [3.63, 3.8) is 0 Å². The lowest BCUT2D eigenvalue weighted by atomic mass is 10.3. The zero-order valence-corrected chi connectivity index (χ0v) is 8.98. The van der Waals surface area contributed by atoms with Crippen LogP contribution in [0.1, 0.15) is 6.92 Å². The molecule has 66 valence electrons. The van der Waals surface area contributed by atoms with Crippen LogP contribution in [-0.4, -0.2) is 17.8 Å².